The molecule has 0 aromatic heterocycles. The Hall–Kier alpha value is -3.07. The molecule has 1 saturated carbocycles. The Kier molecular flexibility index (Phi) is 9.75. The third-order valence-electron chi connectivity index (χ3n) is 6.56. The van der Waals surface area contributed by atoms with E-state index in [9.17, 15) is 18.0 Å². The standard InChI is InChI=1S/C27H37N3O5S/c1-21(27(32)28-23-13-7-8-14-23)29(20-22-11-5-4-6-12-22)26(31)17-10-18-30(36(3,33)34)24-15-9-16-25(19-24)35-2/h4-6,9,11-12,15-16,19,21,23H,7-8,10,13-14,17-18,20H2,1-3H3,(H,28,32)/t21-/m0/s1. The van der Waals surface area contributed by atoms with Crippen LogP contribution < -0.4 is 14.4 Å². The Morgan fingerprint density at radius 2 is 1.78 bits per heavy atom. The zero-order valence-corrected chi connectivity index (χ0v) is 22.2. The lowest BCUT2D eigenvalue weighted by Crippen LogP contribution is -2.49. The van der Waals surface area contributed by atoms with Crippen molar-refractivity contribution in [2.75, 3.05) is 24.2 Å². The van der Waals surface area contributed by atoms with Crippen LogP contribution in [0.3, 0.4) is 0 Å². The molecule has 1 N–H and O–H groups in total. The number of ether oxygens (including phenoxy) is 1. The van der Waals surface area contributed by atoms with Crippen LogP contribution in [-0.4, -0.2) is 57.1 Å². The number of anilines is 1. The molecule has 1 aliphatic carbocycles. The highest BCUT2D eigenvalue weighted by molar-refractivity contribution is 7.92. The molecule has 8 nitrogen and oxygen atoms in total. The molecule has 9 heteroatoms. The summed E-state index contributed by atoms with van der Waals surface area (Å²) < 4.78 is 31.5. The van der Waals surface area contributed by atoms with Crippen LogP contribution in [0.4, 0.5) is 5.69 Å². The van der Waals surface area contributed by atoms with Gasteiger partial charge in [-0.1, -0.05) is 49.2 Å². The second kappa shape index (κ2) is 12.8. The predicted octanol–water partition coefficient (Wildman–Crippen LogP) is 3.72. The van der Waals surface area contributed by atoms with Gasteiger partial charge in [-0.15, -0.1) is 0 Å². The lowest BCUT2D eigenvalue weighted by Gasteiger charge is -2.30. The van der Waals surface area contributed by atoms with E-state index < -0.39 is 16.1 Å². The van der Waals surface area contributed by atoms with Crippen LogP contribution in [0.15, 0.2) is 54.6 Å². The summed E-state index contributed by atoms with van der Waals surface area (Å²) >= 11 is 0. The third-order valence-corrected chi connectivity index (χ3v) is 7.75. The number of rotatable bonds is 12. The fourth-order valence-electron chi connectivity index (χ4n) is 4.52. The Morgan fingerprint density at radius 1 is 1.08 bits per heavy atom. The van der Waals surface area contributed by atoms with Gasteiger partial charge < -0.3 is 15.0 Å². The number of amides is 2. The Morgan fingerprint density at radius 3 is 2.42 bits per heavy atom. The Labute approximate surface area is 214 Å². The zero-order valence-electron chi connectivity index (χ0n) is 21.4. The van der Waals surface area contributed by atoms with Crippen molar-refractivity contribution >= 4 is 27.5 Å². The van der Waals surface area contributed by atoms with E-state index in [1.165, 1.54) is 11.4 Å². The monoisotopic (exact) mass is 515 g/mol. The average Bonchev–Trinajstić information content (AvgIpc) is 3.37. The third kappa shape index (κ3) is 7.71. The van der Waals surface area contributed by atoms with E-state index in [0.29, 0.717) is 24.4 Å². The first-order valence-electron chi connectivity index (χ1n) is 12.4. The number of hydrogen-bond acceptors (Lipinski definition) is 5. The summed E-state index contributed by atoms with van der Waals surface area (Å²) in [6.45, 7) is 2.20. The van der Waals surface area contributed by atoms with Gasteiger partial charge in [-0.05, 0) is 43.9 Å². The molecule has 2 aromatic carbocycles. The minimum atomic E-state index is -3.56. The van der Waals surface area contributed by atoms with Crippen LogP contribution in [0.5, 0.6) is 5.75 Å². The van der Waals surface area contributed by atoms with Crippen molar-refractivity contribution in [2.24, 2.45) is 0 Å². The van der Waals surface area contributed by atoms with Crippen LogP contribution in [0.2, 0.25) is 0 Å². The maximum absolute atomic E-state index is 13.4. The highest BCUT2D eigenvalue weighted by Gasteiger charge is 2.28. The van der Waals surface area contributed by atoms with Crippen molar-refractivity contribution in [3.8, 4) is 5.75 Å². The van der Waals surface area contributed by atoms with E-state index in [1.807, 2.05) is 30.3 Å². The molecule has 36 heavy (non-hydrogen) atoms. The molecule has 0 bridgehead atoms. The fourth-order valence-corrected chi connectivity index (χ4v) is 5.48. The minimum absolute atomic E-state index is 0.115. The van der Waals surface area contributed by atoms with E-state index in [1.54, 1.807) is 36.1 Å². The Bertz CT molecular complexity index is 1120. The average molecular weight is 516 g/mol. The smallest absolute Gasteiger partial charge is 0.242 e. The first kappa shape index (κ1) is 27.5. The molecule has 3 rings (SSSR count). The molecule has 0 radical (unpaired) electrons. The zero-order chi connectivity index (χ0) is 26.1. The summed E-state index contributed by atoms with van der Waals surface area (Å²) in [6.07, 6.45) is 5.72. The molecule has 1 fully saturated rings. The number of hydrogen-bond donors (Lipinski definition) is 1. The first-order chi connectivity index (χ1) is 17.2. The van der Waals surface area contributed by atoms with Gasteiger partial charge in [-0.25, -0.2) is 8.42 Å². The van der Waals surface area contributed by atoms with Gasteiger partial charge in [0.05, 0.1) is 19.1 Å². The van der Waals surface area contributed by atoms with E-state index in [0.717, 1.165) is 37.5 Å². The summed E-state index contributed by atoms with van der Waals surface area (Å²) in [4.78, 5) is 27.9. The molecule has 0 unspecified atom stereocenters. The topological polar surface area (TPSA) is 96.0 Å². The molecule has 1 atom stereocenters. The number of carbonyl (C=O) groups is 2. The Balaban J connectivity index is 1.70. The highest BCUT2D eigenvalue weighted by Crippen LogP contribution is 2.24. The molecule has 0 saturated heterocycles. The number of carbonyl (C=O) groups excluding carboxylic acids is 2. The van der Waals surface area contributed by atoms with Crippen molar-refractivity contribution < 1.29 is 22.7 Å². The summed E-state index contributed by atoms with van der Waals surface area (Å²) in [5.41, 5.74) is 1.41. The summed E-state index contributed by atoms with van der Waals surface area (Å²) in [5.74, 6) is 0.209. The largest absolute Gasteiger partial charge is 0.497 e. The van der Waals surface area contributed by atoms with Gasteiger partial charge in [0.1, 0.15) is 11.8 Å². The van der Waals surface area contributed by atoms with Gasteiger partial charge in [0.2, 0.25) is 21.8 Å². The molecule has 0 spiro atoms. The summed E-state index contributed by atoms with van der Waals surface area (Å²) in [6, 6.07) is 15.9. The number of nitrogens with one attached hydrogen (secondary N) is 1. The quantitative estimate of drug-likeness (QED) is 0.465. The van der Waals surface area contributed by atoms with E-state index in [2.05, 4.69) is 5.32 Å². The molecule has 0 aliphatic heterocycles. The van der Waals surface area contributed by atoms with Gasteiger partial charge in [0.15, 0.2) is 0 Å². The first-order valence-corrected chi connectivity index (χ1v) is 14.3. The van der Waals surface area contributed by atoms with Gasteiger partial charge in [0, 0.05) is 31.6 Å². The number of benzene rings is 2. The van der Waals surface area contributed by atoms with Crippen LogP contribution in [0.1, 0.15) is 51.0 Å². The van der Waals surface area contributed by atoms with Gasteiger partial charge >= 0.3 is 0 Å². The van der Waals surface area contributed by atoms with E-state index in [4.69, 9.17) is 4.74 Å². The molecular formula is C27H37N3O5S. The lowest BCUT2D eigenvalue weighted by molar-refractivity contribution is -0.141. The molecule has 1 aliphatic rings. The maximum atomic E-state index is 13.4. The number of sulfonamides is 1. The normalized spacial score (nSPS) is 14.8. The SMILES string of the molecule is COc1cccc(N(CCCC(=O)N(Cc2ccccc2)[C@@H](C)C(=O)NC2CCCC2)S(C)(=O)=O)c1. The second-order valence-corrected chi connectivity index (χ2v) is 11.2. The van der Waals surface area contributed by atoms with Crippen LogP contribution in [-0.2, 0) is 26.2 Å². The predicted molar refractivity (Wildman–Crippen MR) is 141 cm³/mol. The lowest BCUT2D eigenvalue weighted by atomic mass is 10.1. The van der Waals surface area contributed by atoms with Crippen molar-refractivity contribution in [1.82, 2.24) is 10.2 Å². The number of nitrogens with zero attached hydrogens (tertiary/aromatic N) is 2. The van der Waals surface area contributed by atoms with Gasteiger partial charge in [-0.3, -0.25) is 13.9 Å². The van der Waals surface area contributed by atoms with Gasteiger partial charge in [-0.2, -0.15) is 0 Å². The molecule has 2 aromatic rings. The fraction of sp³-hybridized carbons (Fsp3) is 0.481. The maximum Gasteiger partial charge on any atom is 0.242 e. The highest BCUT2D eigenvalue weighted by atomic mass is 32.2. The summed E-state index contributed by atoms with van der Waals surface area (Å²) in [7, 11) is -2.04. The molecular weight excluding hydrogens is 478 g/mol. The van der Waals surface area contributed by atoms with Crippen LogP contribution in [0, 0.1) is 0 Å². The summed E-state index contributed by atoms with van der Waals surface area (Å²) in [5, 5.41) is 3.09. The van der Waals surface area contributed by atoms with Crippen LogP contribution in [0.25, 0.3) is 0 Å². The van der Waals surface area contributed by atoms with E-state index in [-0.39, 0.29) is 30.8 Å². The molecule has 196 valence electrons. The minimum Gasteiger partial charge on any atom is -0.497 e. The molecule has 0 heterocycles. The second-order valence-electron chi connectivity index (χ2n) is 9.31. The van der Waals surface area contributed by atoms with Crippen molar-refractivity contribution in [3.63, 3.8) is 0 Å². The van der Waals surface area contributed by atoms with Gasteiger partial charge in [0.25, 0.3) is 0 Å². The van der Waals surface area contributed by atoms with Crippen molar-refractivity contribution in [1.29, 1.82) is 0 Å². The van der Waals surface area contributed by atoms with Crippen molar-refractivity contribution in [3.05, 3.63) is 60.2 Å². The van der Waals surface area contributed by atoms with E-state index >= 15 is 0 Å². The number of methoxy groups -OCH3 is 1. The van der Waals surface area contributed by atoms with Crippen molar-refractivity contribution in [2.45, 2.75) is 64.1 Å². The van der Waals surface area contributed by atoms with Crippen LogP contribution >= 0.6 is 0 Å². The molecule has 2 amide bonds.